The molecule has 0 bridgehead atoms. The van der Waals surface area contributed by atoms with Crippen LogP contribution in [0.3, 0.4) is 0 Å². The molecule has 0 aliphatic carbocycles. The fourth-order valence-corrected chi connectivity index (χ4v) is 5.08. The highest BCUT2D eigenvalue weighted by molar-refractivity contribution is 8.26. The molecule has 1 aliphatic rings. The van der Waals surface area contributed by atoms with E-state index in [-0.39, 0.29) is 5.91 Å². The summed E-state index contributed by atoms with van der Waals surface area (Å²) in [6.07, 6.45) is 1.94. The molecule has 2 aromatic heterocycles. The predicted octanol–water partition coefficient (Wildman–Crippen LogP) is 4.74. The van der Waals surface area contributed by atoms with Crippen molar-refractivity contribution in [3.05, 3.63) is 52.2 Å². The fraction of sp³-hybridized carbons (Fsp3) is 0.111. The molecule has 6 heteroatoms. The number of aryl methyl sites for hydroxylation is 1. The summed E-state index contributed by atoms with van der Waals surface area (Å²) in [6.45, 7) is 0. The van der Waals surface area contributed by atoms with Crippen LogP contribution in [-0.4, -0.2) is 26.7 Å². The second-order valence-electron chi connectivity index (χ2n) is 5.59. The number of thiophene rings is 1. The van der Waals surface area contributed by atoms with E-state index in [9.17, 15) is 4.79 Å². The van der Waals surface area contributed by atoms with Crippen molar-refractivity contribution in [2.24, 2.45) is 7.05 Å². The van der Waals surface area contributed by atoms with Crippen molar-refractivity contribution in [3.8, 4) is 11.3 Å². The van der Waals surface area contributed by atoms with E-state index in [1.165, 1.54) is 38.1 Å². The van der Waals surface area contributed by atoms with E-state index < -0.39 is 0 Å². The van der Waals surface area contributed by atoms with Crippen LogP contribution < -0.4 is 0 Å². The van der Waals surface area contributed by atoms with Crippen LogP contribution in [0.25, 0.3) is 27.6 Å². The number of nitrogens with zero attached hydrogens (tertiary/aromatic N) is 2. The number of likely N-dealkylation sites (N-methyl/N-ethyl adjacent to an activating group) is 1. The number of hydrogen-bond donors (Lipinski definition) is 0. The number of fused-ring (bicyclic) bond motifs is 1. The number of benzene rings is 1. The Bertz CT molecular complexity index is 998. The van der Waals surface area contributed by atoms with Crippen molar-refractivity contribution in [1.29, 1.82) is 0 Å². The van der Waals surface area contributed by atoms with Crippen LogP contribution in [0.5, 0.6) is 0 Å². The van der Waals surface area contributed by atoms with E-state index >= 15 is 0 Å². The second-order valence-corrected chi connectivity index (χ2v) is 8.38. The number of thioether (sulfide) groups is 1. The topological polar surface area (TPSA) is 25.2 Å². The molecule has 3 nitrogen and oxygen atoms in total. The third kappa shape index (κ3) is 2.51. The smallest absolute Gasteiger partial charge is 0.265 e. The third-order valence-electron chi connectivity index (χ3n) is 4.08. The van der Waals surface area contributed by atoms with Gasteiger partial charge in [-0.2, -0.15) is 0 Å². The lowest BCUT2D eigenvalue weighted by atomic mass is 10.1. The summed E-state index contributed by atoms with van der Waals surface area (Å²) >= 11 is 8.23. The molecule has 1 aliphatic heterocycles. The molecule has 4 rings (SSSR count). The van der Waals surface area contributed by atoms with Crippen molar-refractivity contribution >= 4 is 61.8 Å². The van der Waals surface area contributed by atoms with Crippen LogP contribution in [0.1, 0.15) is 4.88 Å². The van der Waals surface area contributed by atoms with Gasteiger partial charge in [-0.25, -0.2) is 0 Å². The fourth-order valence-electron chi connectivity index (χ4n) is 2.76. The normalized spacial score (nSPS) is 16.8. The molecule has 0 atom stereocenters. The molecule has 1 aromatic carbocycles. The van der Waals surface area contributed by atoms with Gasteiger partial charge in [0.2, 0.25) is 0 Å². The van der Waals surface area contributed by atoms with Crippen LogP contribution >= 0.6 is 35.3 Å². The van der Waals surface area contributed by atoms with Crippen molar-refractivity contribution in [3.63, 3.8) is 0 Å². The minimum Gasteiger partial charge on any atom is -0.343 e. The van der Waals surface area contributed by atoms with Crippen LogP contribution in [0.2, 0.25) is 0 Å². The lowest BCUT2D eigenvalue weighted by Crippen LogP contribution is -2.22. The number of hydrogen-bond acceptors (Lipinski definition) is 4. The summed E-state index contributed by atoms with van der Waals surface area (Å²) in [6, 6.07) is 14.7. The Morgan fingerprint density at radius 3 is 2.50 bits per heavy atom. The Balaban J connectivity index is 1.74. The van der Waals surface area contributed by atoms with Gasteiger partial charge >= 0.3 is 0 Å². The van der Waals surface area contributed by atoms with E-state index in [0.29, 0.717) is 9.23 Å². The van der Waals surface area contributed by atoms with Gasteiger partial charge in [-0.1, -0.05) is 54.3 Å². The van der Waals surface area contributed by atoms with Crippen molar-refractivity contribution in [2.75, 3.05) is 7.05 Å². The molecule has 0 spiro atoms. The Kier molecular flexibility index (Phi) is 3.83. The molecule has 3 aromatic rings. The number of aromatic nitrogens is 1. The van der Waals surface area contributed by atoms with Crippen molar-refractivity contribution < 1.29 is 4.79 Å². The maximum Gasteiger partial charge on any atom is 0.265 e. The van der Waals surface area contributed by atoms with Gasteiger partial charge in [-0.3, -0.25) is 9.69 Å². The minimum absolute atomic E-state index is 0.0209. The van der Waals surface area contributed by atoms with Gasteiger partial charge < -0.3 is 4.57 Å². The maximum atomic E-state index is 12.1. The largest absolute Gasteiger partial charge is 0.343 e. The number of carbonyl (C=O) groups excluding carboxylic acids is 1. The molecular weight excluding hydrogens is 356 g/mol. The molecule has 120 valence electrons. The van der Waals surface area contributed by atoms with Crippen molar-refractivity contribution in [1.82, 2.24) is 9.47 Å². The minimum atomic E-state index is -0.0209. The highest BCUT2D eigenvalue weighted by Crippen LogP contribution is 2.37. The van der Waals surface area contributed by atoms with Crippen LogP contribution in [0, 0.1) is 0 Å². The summed E-state index contributed by atoms with van der Waals surface area (Å²) in [5, 5.41) is 0. The van der Waals surface area contributed by atoms with Gasteiger partial charge in [0.25, 0.3) is 5.91 Å². The Morgan fingerprint density at radius 1 is 1.12 bits per heavy atom. The number of amides is 1. The lowest BCUT2D eigenvalue weighted by Gasteiger charge is -2.03. The molecule has 0 unspecified atom stereocenters. The summed E-state index contributed by atoms with van der Waals surface area (Å²) in [4.78, 5) is 15.4. The van der Waals surface area contributed by atoms with Gasteiger partial charge in [0.15, 0.2) is 0 Å². The van der Waals surface area contributed by atoms with Crippen molar-refractivity contribution in [2.45, 2.75) is 0 Å². The molecule has 1 saturated heterocycles. The predicted molar refractivity (Wildman–Crippen MR) is 107 cm³/mol. The molecule has 1 fully saturated rings. The third-order valence-corrected chi connectivity index (χ3v) is 6.58. The standard InChI is InChI=1S/C18H14N2OS3/c1-19-13(11-6-4-3-5-7-11)10-15-14(19)8-12(23-15)9-16-17(21)20(2)18(22)24-16/h3-10H,1-2H3/b16-9+. The molecule has 3 heterocycles. The maximum absolute atomic E-state index is 12.1. The summed E-state index contributed by atoms with van der Waals surface area (Å²) in [5.74, 6) is -0.0209. The first-order valence-electron chi connectivity index (χ1n) is 7.41. The van der Waals surface area contributed by atoms with E-state index in [1.54, 1.807) is 18.4 Å². The first-order valence-corrected chi connectivity index (χ1v) is 9.45. The summed E-state index contributed by atoms with van der Waals surface area (Å²) in [5.41, 5.74) is 3.58. The zero-order valence-electron chi connectivity index (χ0n) is 13.1. The molecule has 0 N–H and O–H groups in total. The van der Waals surface area contributed by atoms with E-state index in [2.05, 4.69) is 48.0 Å². The monoisotopic (exact) mass is 370 g/mol. The van der Waals surface area contributed by atoms with E-state index in [0.717, 1.165) is 4.88 Å². The zero-order chi connectivity index (χ0) is 16.8. The molecule has 0 radical (unpaired) electrons. The van der Waals surface area contributed by atoms with E-state index in [1.807, 2.05) is 12.1 Å². The van der Waals surface area contributed by atoms with Gasteiger partial charge in [0.1, 0.15) is 4.32 Å². The quantitative estimate of drug-likeness (QED) is 0.481. The average molecular weight is 371 g/mol. The molecule has 1 amide bonds. The van der Waals surface area contributed by atoms with E-state index in [4.69, 9.17) is 12.2 Å². The SMILES string of the molecule is CN1C(=O)/C(=C\c2cc3c(cc(-c4ccccc4)n3C)s2)SC1=S. The Hall–Kier alpha value is -1.89. The van der Waals surface area contributed by atoms with Crippen LogP contribution in [0.4, 0.5) is 0 Å². The Labute approximate surface area is 153 Å². The summed E-state index contributed by atoms with van der Waals surface area (Å²) in [7, 11) is 3.79. The summed E-state index contributed by atoms with van der Waals surface area (Å²) < 4.78 is 4.03. The van der Waals surface area contributed by atoms with Gasteiger partial charge in [-0.05, 0) is 23.8 Å². The van der Waals surface area contributed by atoms with Crippen LogP contribution in [-0.2, 0) is 11.8 Å². The second kappa shape index (κ2) is 5.88. The zero-order valence-corrected chi connectivity index (χ0v) is 15.6. The van der Waals surface area contributed by atoms with Gasteiger partial charge in [-0.15, -0.1) is 11.3 Å². The Morgan fingerprint density at radius 2 is 1.88 bits per heavy atom. The highest BCUT2D eigenvalue weighted by atomic mass is 32.2. The molecular formula is C18H14N2OS3. The first kappa shape index (κ1) is 15.6. The average Bonchev–Trinajstić information content (AvgIpc) is 3.19. The number of rotatable bonds is 2. The first-order chi connectivity index (χ1) is 11.5. The number of thiocarbonyl (C=S) groups is 1. The highest BCUT2D eigenvalue weighted by Gasteiger charge is 2.28. The number of carbonyl (C=O) groups is 1. The molecule has 0 saturated carbocycles. The lowest BCUT2D eigenvalue weighted by molar-refractivity contribution is -0.121. The van der Waals surface area contributed by atoms with Gasteiger partial charge in [0.05, 0.1) is 15.1 Å². The molecule has 24 heavy (non-hydrogen) atoms. The van der Waals surface area contributed by atoms with Gasteiger partial charge in [0, 0.05) is 24.7 Å². The van der Waals surface area contributed by atoms with Crippen LogP contribution in [0.15, 0.2) is 47.4 Å².